The number of ether oxygens (including phenoxy) is 1. The van der Waals surface area contributed by atoms with E-state index in [1.807, 2.05) is 19.0 Å². The van der Waals surface area contributed by atoms with E-state index in [2.05, 4.69) is 19.7 Å². The van der Waals surface area contributed by atoms with Crippen molar-refractivity contribution >= 4 is 22.3 Å². The first-order valence-electron chi connectivity index (χ1n) is 12.3. The molecule has 1 saturated carbocycles. The van der Waals surface area contributed by atoms with E-state index in [9.17, 15) is 26.0 Å². The number of rotatable bonds is 7. The van der Waals surface area contributed by atoms with E-state index in [1.165, 1.54) is 36.8 Å². The lowest BCUT2D eigenvalue weighted by Gasteiger charge is -2.39. The van der Waals surface area contributed by atoms with E-state index in [0.717, 1.165) is 12.1 Å². The molecule has 3 aromatic rings. The summed E-state index contributed by atoms with van der Waals surface area (Å²) in [6, 6.07) is 7.29. The quantitative estimate of drug-likeness (QED) is 0.298. The van der Waals surface area contributed by atoms with Crippen molar-refractivity contribution in [3.8, 4) is 5.88 Å². The molecule has 15 heteroatoms. The highest BCUT2D eigenvalue weighted by Crippen LogP contribution is 2.39. The first-order valence-corrected chi connectivity index (χ1v) is 13.8. The number of benzene rings is 1. The van der Waals surface area contributed by atoms with Crippen LogP contribution in [0.3, 0.4) is 0 Å². The average Bonchev–Trinajstić information content (AvgIpc) is 2.89. The van der Waals surface area contributed by atoms with Gasteiger partial charge in [-0.25, -0.2) is 27.8 Å². The highest BCUT2D eigenvalue weighted by molar-refractivity contribution is 7.92. The third kappa shape index (κ3) is 8.10. The second kappa shape index (κ2) is 13.2. The van der Waals surface area contributed by atoms with Gasteiger partial charge in [-0.1, -0.05) is 6.07 Å². The highest BCUT2D eigenvalue weighted by atomic mass is 32.2. The number of hydrogen-bond donors (Lipinski definition) is 2. The maximum atomic E-state index is 13.8. The molecule has 222 valence electrons. The fourth-order valence-electron chi connectivity index (χ4n) is 4.69. The van der Waals surface area contributed by atoms with Gasteiger partial charge in [-0.3, -0.25) is 9.52 Å². The number of carboxylic acid groups (broad SMARTS) is 1. The summed E-state index contributed by atoms with van der Waals surface area (Å²) in [4.78, 5) is 22.2. The van der Waals surface area contributed by atoms with Gasteiger partial charge in [-0.2, -0.15) is 13.2 Å². The lowest BCUT2D eigenvalue weighted by Crippen LogP contribution is -2.46. The lowest BCUT2D eigenvalue weighted by atomic mass is 9.79. The van der Waals surface area contributed by atoms with E-state index in [1.54, 1.807) is 6.92 Å². The van der Waals surface area contributed by atoms with Crippen LogP contribution in [-0.2, 0) is 21.0 Å². The number of aryl methyl sites for hydroxylation is 1. The van der Waals surface area contributed by atoms with Crippen LogP contribution < -0.4 is 9.46 Å². The minimum Gasteiger partial charge on any atom is -0.483 e. The Morgan fingerprint density at radius 3 is 2.44 bits per heavy atom. The van der Waals surface area contributed by atoms with E-state index >= 15 is 0 Å². The summed E-state index contributed by atoms with van der Waals surface area (Å²) in [6.07, 6.45) is -0.926. The first kappa shape index (κ1) is 31.7. The number of alkyl halides is 3. The van der Waals surface area contributed by atoms with Crippen LogP contribution in [0, 0.1) is 12.7 Å². The number of hydrogen-bond acceptors (Lipinski definition) is 8. The van der Waals surface area contributed by atoms with E-state index in [0.29, 0.717) is 24.8 Å². The minimum absolute atomic E-state index is 0.0342. The predicted molar refractivity (Wildman–Crippen MR) is 140 cm³/mol. The molecule has 2 heterocycles. The summed E-state index contributed by atoms with van der Waals surface area (Å²) in [7, 11) is -0.247. The van der Waals surface area contributed by atoms with Crippen LogP contribution in [0.25, 0.3) is 0 Å². The van der Waals surface area contributed by atoms with Crippen molar-refractivity contribution in [1.29, 1.82) is 0 Å². The molecule has 2 aromatic heterocycles. The molecular weight excluding hydrogens is 570 g/mol. The van der Waals surface area contributed by atoms with Crippen molar-refractivity contribution in [1.82, 2.24) is 19.9 Å². The average molecular weight is 600 g/mol. The van der Waals surface area contributed by atoms with Crippen molar-refractivity contribution in [2.24, 2.45) is 0 Å². The van der Waals surface area contributed by atoms with Crippen molar-refractivity contribution in [2.45, 2.75) is 55.3 Å². The van der Waals surface area contributed by atoms with Crippen LogP contribution >= 0.6 is 0 Å². The Bertz CT molecular complexity index is 1440. The van der Waals surface area contributed by atoms with Crippen LogP contribution in [0.2, 0.25) is 0 Å². The number of aromatic nitrogens is 3. The van der Waals surface area contributed by atoms with Gasteiger partial charge < -0.3 is 14.7 Å². The third-order valence-electron chi connectivity index (χ3n) is 6.58. The van der Waals surface area contributed by atoms with Gasteiger partial charge in [0, 0.05) is 18.3 Å². The molecule has 0 spiro atoms. The van der Waals surface area contributed by atoms with Crippen molar-refractivity contribution in [3.63, 3.8) is 0 Å². The molecule has 0 saturated heterocycles. The Hall–Kier alpha value is -3.85. The molecule has 0 amide bonds. The molecule has 1 aliphatic carbocycles. The summed E-state index contributed by atoms with van der Waals surface area (Å²) in [5.41, 5.74) is -0.604. The summed E-state index contributed by atoms with van der Waals surface area (Å²) in [6.45, 7) is 1.30. The predicted octanol–water partition coefficient (Wildman–Crippen LogP) is 4.48. The molecule has 0 bridgehead atoms. The van der Waals surface area contributed by atoms with Crippen LogP contribution in [0.5, 0.6) is 5.88 Å². The zero-order valence-corrected chi connectivity index (χ0v) is 23.2. The van der Waals surface area contributed by atoms with E-state index in [4.69, 9.17) is 14.6 Å². The van der Waals surface area contributed by atoms with Crippen molar-refractivity contribution < 1.29 is 40.6 Å². The molecule has 0 unspecified atom stereocenters. The topological polar surface area (TPSA) is 135 Å². The standard InChI is InChI=1S/C25H27F4N5O3S.CH2O2/c1-15-22(38(35,36)33-23-10-11-30-14-31-23)8-9-24(32-15)37-21-7-5-17(13-20(21)34(2)3)16-4-6-19(26)18(12-16)25(27,28)29;2-1-3/h4,6,8-12,14,17,20-21H,5,7,13H2,1-3H3,(H,30,31,33);1H,(H,2,3)/t17-,20-,21-;/m0./s1. The molecule has 1 aliphatic rings. The maximum Gasteiger partial charge on any atom is 0.419 e. The molecule has 1 fully saturated rings. The number of halogens is 4. The monoisotopic (exact) mass is 599 g/mol. The number of pyridine rings is 1. The Labute approximate surface area is 234 Å². The maximum absolute atomic E-state index is 13.8. The fraction of sp³-hybridized carbons (Fsp3) is 0.385. The van der Waals surface area contributed by atoms with Crippen LogP contribution in [0.15, 0.2) is 53.8 Å². The second-order valence-electron chi connectivity index (χ2n) is 9.47. The van der Waals surface area contributed by atoms with Gasteiger partial charge in [0.15, 0.2) is 0 Å². The number of nitrogens with one attached hydrogen (secondary N) is 1. The van der Waals surface area contributed by atoms with Crippen LogP contribution in [-0.4, -0.2) is 66.1 Å². The van der Waals surface area contributed by atoms with Crippen LogP contribution in [0.1, 0.15) is 42.0 Å². The molecule has 1 aromatic carbocycles. The van der Waals surface area contributed by atoms with E-state index < -0.39 is 27.6 Å². The summed E-state index contributed by atoms with van der Waals surface area (Å²) in [5, 5.41) is 6.89. The van der Waals surface area contributed by atoms with Gasteiger partial charge in [-0.15, -0.1) is 0 Å². The molecule has 10 nitrogen and oxygen atoms in total. The smallest absolute Gasteiger partial charge is 0.419 e. The number of anilines is 1. The molecule has 41 heavy (non-hydrogen) atoms. The molecule has 0 aliphatic heterocycles. The fourth-order valence-corrected chi connectivity index (χ4v) is 5.88. The highest BCUT2D eigenvalue weighted by Gasteiger charge is 2.38. The Kier molecular flexibility index (Phi) is 10.2. The van der Waals surface area contributed by atoms with Gasteiger partial charge in [0.05, 0.1) is 11.3 Å². The SMILES string of the molecule is Cc1nc(O[C@H]2CC[C@H](c3ccc(F)c(C(F)(F)F)c3)C[C@@H]2N(C)C)ccc1S(=O)(=O)Nc1ccncn1.O=CO. The number of sulfonamides is 1. The van der Waals surface area contributed by atoms with Crippen molar-refractivity contribution in [3.05, 3.63) is 71.6 Å². The summed E-state index contributed by atoms with van der Waals surface area (Å²) < 4.78 is 87.6. The van der Waals surface area contributed by atoms with Crippen molar-refractivity contribution in [2.75, 3.05) is 18.8 Å². The van der Waals surface area contributed by atoms with Crippen LogP contribution in [0.4, 0.5) is 23.4 Å². The molecule has 4 rings (SSSR count). The van der Waals surface area contributed by atoms with Gasteiger partial charge in [-0.05, 0) is 76.0 Å². The number of carbonyl (C=O) groups is 1. The molecule has 2 N–H and O–H groups in total. The summed E-state index contributed by atoms with van der Waals surface area (Å²) >= 11 is 0. The minimum atomic E-state index is -4.77. The molecular formula is C26H29F4N5O5S. The zero-order valence-electron chi connectivity index (χ0n) is 22.3. The third-order valence-corrected chi connectivity index (χ3v) is 8.07. The second-order valence-corrected chi connectivity index (χ2v) is 11.1. The first-order chi connectivity index (χ1) is 19.3. The molecule has 3 atom stereocenters. The number of likely N-dealkylation sites (N-methyl/N-ethyl adjacent to an activating group) is 1. The Morgan fingerprint density at radius 1 is 1.15 bits per heavy atom. The van der Waals surface area contributed by atoms with Gasteiger partial charge in [0.1, 0.15) is 29.0 Å². The Morgan fingerprint density at radius 2 is 1.85 bits per heavy atom. The normalized spacial score (nSPS) is 19.2. The van der Waals surface area contributed by atoms with Gasteiger partial charge in [0.25, 0.3) is 16.5 Å². The largest absolute Gasteiger partial charge is 0.483 e. The van der Waals surface area contributed by atoms with Gasteiger partial charge >= 0.3 is 6.18 Å². The zero-order chi connectivity index (χ0) is 30.4. The summed E-state index contributed by atoms with van der Waals surface area (Å²) in [5.74, 6) is -1.14. The number of nitrogens with zero attached hydrogens (tertiary/aromatic N) is 4. The van der Waals surface area contributed by atoms with E-state index in [-0.39, 0.29) is 46.8 Å². The Balaban J connectivity index is 0.00000147. The van der Waals surface area contributed by atoms with Gasteiger partial charge in [0.2, 0.25) is 5.88 Å². The molecule has 0 radical (unpaired) electrons. The lowest BCUT2D eigenvalue weighted by molar-refractivity contribution is -0.140.